The van der Waals surface area contributed by atoms with Gasteiger partial charge in [-0.2, -0.15) is 0 Å². The summed E-state index contributed by atoms with van der Waals surface area (Å²) in [6.45, 7) is 0. The van der Waals surface area contributed by atoms with Gasteiger partial charge in [0.15, 0.2) is 0 Å². The second-order valence-corrected chi connectivity index (χ2v) is 5.33. The van der Waals surface area contributed by atoms with Crippen molar-refractivity contribution in [2.24, 2.45) is 22.7 Å². The summed E-state index contributed by atoms with van der Waals surface area (Å²) in [4.78, 5) is 14.2. The van der Waals surface area contributed by atoms with Gasteiger partial charge < -0.3 is 0 Å². The lowest BCUT2D eigenvalue weighted by atomic mass is 9.53. The van der Waals surface area contributed by atoms with Crippen molar-refractivity contribution in [3.05, 3.63) is 0 Å². The van der Waals surface area contributed by atoms with Crippen LogP contribution in [0.15, 0.2) is 4.99 Å². The van der Waals surface area contributed by atoms with E-state index in [1.807, 2.05) is 0 Å². The van der Waals surface area contributed by atoms with E-state index in [4.69, 9.17) is 0 Å². The van der Waals surface area contributed by atoms with Crippen molar-refractivity contribution < 1.29 is 9.18 Å². The number of carbonyl (C=O) groups excluding carboxylic acids is 1. The molecule has 0 saturated heterocycles. The van der Waals surface area contributed by atoms with Crippen molar-refractivity contribution in [3.8, 4) is 0 Å². The summed E-state index contributed by atoms with van der Waals surface area (Å²) in [5, 5.41) is 0. The van der Waals surface area contributed by atoms with Crippen LogP contribution in [0.2, 0.25) is 0 Å². The molecule has 4 aliphatic carbocycles. The Balaban J connectivity index is 1.92. The van der Waals surface area contributed by atoms with Crippen LogP contribution in [0.4, 0.5) is 4.39 Å². The highest BCUT2D eigenvalue weighted by atomic mass is 19.1. The molecule has 0 radical (unpaired) electrons. The summed E-state index contributed by atoms with van der Waals surface area (Å²) in [6, 6.07) is 0.0907. The molecule has 4 fully saturated rings. The molecule has 0 aromatic heterocycles. The smallest absolute Gasteiger partial charge is 0.235 e. The molecule has 4 rings (SSSR count). The second kappa shape index (κ2) is 2.66. The lowest BCUT2D eigenvalue weighted by Gasteiger charge is -2.55. The third-order valence-electron chi connectivity index (χ3n) is 4.35. The Morgan fingerprint density at radius 1 is 1.21 bits per heavy atom. The van der Waals surface area contributed by atoms with Crippen LogP contribution in [-0.4, -0.2) is 17.8 Å². The third-order valence-corrected chi connectivity index (χ3v) is 4.35. The molecule has 3 heteroatoms. The van der Waals surface area contributed by atoms with Gasteiger partial charge in [0.25, 0.3) is 0 Å². The van der Waals surface area contributed by atoms with E-state index >= 15 is 0 Å². The van der Waals surface area contributed by atoms with Gasteiger partial charge in [0.2, 0.25) is 6.08 Å². The zero-order chi connectivity index (χ0) is 9.76. The summed E-state index contributed by atoms with van der Waals surface area (Å²) in [6.07, 6.45) is 5.85. The molecule has 0 heterocycles. The van der Waals surface area contributed by atoms with Crippen molar-refractivity contribution in [2.45, 2.75) is 43.8 Å². The molecule has 2 atom stereocenters. The number of halogens is 1. The molecule has 0 aliphatic heterocycles. The van der Waals surface area contributed by atoms with Gasteiger partial charge >= 0.3 is 0 Å². The Hall–Kier alpha value is -0.690. The van der Waals surface area contributed by atoms with Crippen molar-refractivity contribution in [1.82, 2.24) is 0 Å². The lowest BCUT2D eigenvalue weighted by molar-refractivity contribution is -0.0839. The molecule has 4 saturated carbocycles. The zero-order valence-corrected chi connectivity index (χ0v) is 8.08. The van der Waals surface area contributed by atoms with E-state index in [0.29, 0.717) is 30.6 Å². The molecule has 2 unspecified atom stereocenters. The molecule has 0 aromatic rings. The SMILES string of the molecule is O=C=NC1C2CC3CC1CC(F)(C3)C2. The summed E-state index contributed by atoms with van der Waals surface area (Å²) in [5.74, 6) is 1.22. The lowest BCUT2D eigenvalue weighted by Crippen LogP contribution is -2.54. The van der Waals surface area contributed by atoms with Crippen LogP contribution in [0.3, 0.4) is 0 Å². The zero-order valence-electron chi connectivity index (χ0n) is 8.08. The van der Waals surface area contributed by atoms with E-state index in [9.17, 15) is 9.18 Å². The van der Waals surface area contributed by atoms with Gasteiger partial charge in [-0.3, -0.25) is 0 Å². The van der Waals surface area contributed by atoms with Crippen LogP contribution in [0.25, 0.3) is 0 Å². The number of alkyl halides is 1. The first-order valence-corrected chi connectivity index (χ1v) is 5.46. The van der Waals surface area contributed by atoms with Gasteiger partial charge in [0.05, 0.1) is 6.04 Å². The van der Waals surface area contributed by atoms with E-state index < -0.39 is 5.67 Å². The van der Waals surface area contributed by atoms with Crippen molar-refractivity contribution in [3.63, 3.8) is 0 Å². The molecule has 4 aliphatic rings. The number of aliphatic imine (C=N–C) groups is 1. The fourth-order valence-electron chi connectivity index (χ4n) is 4.17. The molecule has 0 N–H and O–H groups in total. The van der Waals surface area contributed by atoms with Gasteiger partial charge in [-0.15, -0.1) is 0 Å². The van der Waals surface area contributed by atoms with Gasteiger partial charge in [-0.1, -0.05) is 0 Å². The van der Waals surface area contributed by atoms with Gasteiger partial charge in [-0.25, -0.2) is 14.2 Å². The van der Waals surface area contributed by atoms with Gasteiger partial charge in [0, 0.05) is 0 Å². The maximum Gasteiger partial charge on any atom is 0.235 e. The standard InChI is InChI=1S/C11H14FNO/c12-11-3-7-1-8(4-11)10(13-6-14)9(2-7)5-11/h7-10H,1-5H2. The fourth-order valence-corrected chi connectivity index (χ4v) is 4.17. The quantitative estimate of drug-likeness (QED) is 0.466. The predicted octanol–water partition coefficient (Wildman–Crippen LogP) is 2.24. The largest absolute Gasteiger partial charge is 0.244 e. The van der Waals surface area contributed by atoms with Crippen LogP contribution < -0.4 is 0 Å². The van der Waals surface area contributed by atoms with E-state index in [2.05, 4.69) is 4.99 Å². The molecule has 2 nitrogen and oxygen atoms in total. The van der Waals surface area contributed by atoms with E-state index in [0.717, 1.165) is 19.3 Å². The van der Waals surface area contributed by atoms with E-state index in [1.54, 1.807) is 6.08 Å². The Morgan fingerprint density at radius 2 is 1.86 bits per heavy atom. The fraction of sp³-hybridized carbons (Fsp3) is 0.909. The minimum atomic E-state index is -0.911. The van der Waals surface area contributed by atoms with E-state index in [1.165, 1.54) is 0 Å². The molecular formula is C11H14FNO. The first-order valence-electron chi connectivity index (χ1n) is 5.46. The number of rotatable bonds is 1. The van der Waals surface area contributed by atoms with E-state index in [-0.39, 0.29) is 6.04 Å². The molecule has 0 aromatic carbocycles. The van der Waals surface area contributed by atoms with Crippen LogP contribution in [-0.2, 0) is 4.79 Å². The minimum absolute atomic E-state index is 0.0907. The summed E-state index contributed by atoms with van der Waals surface area (Å²) < 4.78 is 14.2. The molecule has 76 valence electrons. The van der Waals surface area contributed by atoms with Crippen LogP contribution in [0.5, 0.6) is 0 Å². The normalized spacial score (nSPS) is 54.4. The first kappa shape index (κ1) is 8.60. The highest BCUT2D eigenvalue weighted by molar-refractivity contribution is 5.34. The monoisotopic (exact) mass is 195 g/mol. The minimum Gasteiger partial charge on any atom is -0.244 e. The maximum atomic E-state index is 14.2. The Kier molecular flexibility index (Phi) is 1.64. The first-order chi connectivity index (χ1) is 6.70. The van der Waals surface area contributed by atoms with Gasteiger partial charge in [-0.05, 0) is 49.9 Å². The summed E-state index contributed by atoms with van der Waals surface area (Å²) >= 11 is 0. The predicted molar refractivity (Wildman–Crippen MR) is 49.3 cm³/mol. The Morgan fingerprint density at radius 3 is 2.36 bits per heavy atom. The van der Waals surface area contributed by atoms with Crippen molar-refractivity contribution in [2.75, 3.05) is 0 Å². The highest BCUT2D eigenvalue weighted by Gasteiger charge is 2.56. The molecular weight excluding hydrogens is 181 g/mol. The van der Waals surface area contributed by atoms with Gasteiger partial charge in [0.1, 0.15) is 5.67 Å². The van der Waals surface area contributed by atoms with Crippen molar-refractivity contribution in [1.29, 1.82) is 0 Å². The third kappa shape index (κ3) is 1.08. The average molecular weight is 195 g/mol. The Bertz CT molecular complexity index is 294. The topological polar surface area (TPSA) is 29.4 Å². The van der Waals surface area contributed by atoms with Crippen molar-refractivity contribution >= 4 is 6.08 Å². The molecule has 0 spiro atoms. The number of isocyanates is 1. The van der Waals surface area contributed by atoms with Crippen LogP contribution in [0, 0.1) is 17.8 Å². The maximum absolute atomic E-state index is 14.2. The number of hydrogen-bond acceptors (Lipinski definition) is 2. The number of nitrogens with zero attached hydrogens (tertiary/aromatic N) is 1. The summed E-state index contributed by atoms with van der Waals surface area (Å²) in [7, 11) is 0. The number of hydrogen-bond donors (Lipinski definition) is 0. The molecule has 4 bridgehead atoms. The molecule has 14 heavy (non-hydrogen) atoms. The Labute approximate surface area is 82.6 Å². The second-order valence-electron chi connectivity index (χ2n) is 5.33. The van der Waals surface area contributed by atoms with Crippen LogP contribution >= 0.6 is 0 Å². The highest BCUT2D eigenvalue weighted by Crippen LogP contribution is 2.58. The summed E-state index contributed by atoms with van der Waals surface area (Å²) in [5.41, 5.74) is -0.911. The van der Waals surface area contributed by atoms with Crippen LogP contribution in [0.1, 0.15) is 32.1 Å². The average Bonchev–Trinajstić information content (AvgIpc) is 2.08. The molecule has 0 amide bonds.